The van der Waals surface area contributed by atoms with E-state index < -0.39 is 0 Å². The van der Waals surface area contributed by atoms with Gasteiger partial charge < -0.3 is 10.1 Å². The highest BCUT2D eigenvalue weighted by molar-refractivity contribution is 5.78. The summed E-state index contributed by atoms with van der Waals surface area (Å²) < 4.78 is 5.29. The molecule has 0 saturated carbocycles. The van der Waals surface area contributed by atoms with Crippen molar-refractivity contribution >= 4 is 5.91 Å². The first-order chi connectivity index (χ1) is 10.3. The minimum absolute atomic E-state index is 0.0715. The predicted octanol–water partition coefficient (Wildman–Crippen LogP) is 0.627. The molecule has 2 aliphatic rings. The lowest BCUT2D eigenvalue weighted by Gasteiger charge is -2.25. The van der Waals surface area contributed by atoms with Crippen molar-refractivity contribution in [3.63, 3.8) is 0 Å². The Morgan fingerprint density at radius 2 is 2.05 bits per heavy atom. The molecule has 0 bridgehead atoms. The molecule has 116 valence electrons. The van der Waals surface area contributed by atoms with Gasteiger partial charge in [0.15, 0.2) is 0 Å². The summed E-state index contributed by atoms with van der Waals surface area (Å²) in [5.74, 6) is 0.0715. The molecule has 0 atom stereocenters. The Morgan fingerprint density at radius 1 is 1.24 bits per heavy atom. The standard InChI is InChI=1S/C15H24N4O2/c20-15(11-19-6-8-21-9-7-19)16-10-14-12-4-2-1-3-5-13(12)17-18-14/h1-11H2,(H,16,20)(H,17,18). The molecule has 1 aliphatic carbocycles. The SMILES string of the molecule is O=C(CN1CCOCC1)NCc1n[nH]c2c1CCCCC2. The summed E-state index contributed by atoms with van der Waals surface area (Å²) in [6.45, 7) is 4.11. The first-order valence-electron chi connectivity index (χ1n) is 7.95. The number of aryl methyl sites for hydroxylation is 1. The van der Waals surface area contributed by atoms with E-state index in [0.717, 1.165) is 44.8 Å². The summed E-state index contributed by atoms with van der Waals surface area (Å²) >= 11 is 0. The van der Waals surface area contributed by atoms with Crippen molar-refractivity contribution in [1.82, 2.24) is 20.4 Å². The molecule has 6 nitrogen and oxygen atoms in total. The van der Waals surface area contributed by atoms with Crippen molar-refractivity contribution in [3.8, 4) is 0 Å². The van der Waals surface area contributed by atoms with Gasteiger partial charge in [0.25, 0.3) is 0 Å². The number of carbonyl (C=O) groups is 1. The smallest absolute Gasteiger partial charge is 0.234 e. The van der Waals surface area contributed by atoms with Gasteiger partial charge in [0.1, 0.15) is 0 Å². The van der Waals surface area contributed by atoms with E-state index in [0.29, 0.717) is 13.1 Å². The van der Waals surface area contributed by atoms with E-state index in [1.807, 2.05) is 0 Å². The molecule has 0 aromatic carbocycles. The van der Waals surface area contributed by atoms with Gasteiger partial charge in [-0.25, -0.2) is 0 Å². The fourth-order valence-electron chi connectivity index (χ4n) is 3.07. The van der Waals surface area contributed by atoms with Crippen LogP contribution >= 0.6 is 0 Å². The number of hydrogen-bond acceptors (Lipinski definition) is 4. The van der Waals surface area contributed by atoms with Crippen molar-refractivity contribution in [3.05, 3.63) is 17.0 Å². The molecular weight excluding hydrogens is 268 g/mol. The largest absolute Gasteiger partial charge is 0.379 e. The zero-order valence-corrected chi connectivity index (χ0v) is 12.5. The first kappa shape index (κ1) is 14.5. The molecule has 2 N–H and O–H groups in total. The molecule has 3 rings (SSSR count). The van der Waals surface area contributed by atoms with E-state index in [9.17, 15) is 4.79 Å². The Morgan fingerprint density at radius 3 is 2.90 bits per heavy atom. The maximum Gasteiger partial charge on any atom is 0.234 e. The lowest BCUT2D eigenvalue weighted by Crippen LogP contribution is -2.43. The molecule has 1 aromatic rings. The molecule has 6 heteroatoms. The molecule has 1 amide bonds. The topological polar surface area (TPSA) is 70.2 Å². The number of ether oxygens (including phenoxy) is 1. The summed E-state index contributed by atoms with van der Waals surface area (Å²) in [6, 6.07) is 0. The fraction of sp³-hybridized carbons (Fsp3) is 0.733. The number of morpholine rings is 1. The zero-order chi connectivity index (χ0) is 14.5. The number of nitrogens with one attached hydrogen (secondary N) is 2. The van der Waals surface area contributed by atoms with Crippen LogP contribution < -0.4 is 5.32 Å². The van der Waals surface area contributed by atoms with Crippen molar-refractivity contribution in [2.75, 3.05) is 32.8 Å². The second-order valence-electron chi connectivity index (χ2n) is 5.85. The normalized spacial score (nSPS) is 19.8. The number of nitrogens with zero attached hydrogens (tertiary/aromatic N) is 2. The van der Waals surface area contributed by atoms with Crippen molar-refractivity contribution in [1.29, 1.82) is 0 Å². The van der Waals surface area contributed by atoms with Crippen LogP contribution in [0.25, 0.3) is 0 Å². The zero-order valence-electron chi connectivity index (χ0n) is 12.5. The summed E-state index contributed by atoms with van der Waals surface area (Å²) in [7, 11) is 0. The van der Waals surface area contributed by atoms with Crippen LogP contribution in [0.5, 0.6) is 0 Å². The number of aromatic nitrogens is 2. The Balaban J connectivity index is 1.50. The molecule has 21 heavy (non-hydrogen) atoms. The van der Waals surface area contributed by atoms with Gasteiger partial charge in [0.2, 0.25) is 5.91 Å². The number of amides is 1. The predicted molar refractivity (Wildman–Crippen MR) is 79.0 cm³/mol. The highest BCUT2D eigenvalue weighted by Gasteiger charge is 2.17. The van der Waals surface area contributed by atoms with Gasteiger partial charge >= 0.3 is 0 Å². The van der Waals surface area contributed by atoms with Crippen LogP contribution in [0.1, 0.15) is 36.2 Å². The molecule has 1 aromatic heterocycles. The van der Waals surface area contributed by atoms with Gasteiger partial charge in [-0.15, -0.1) is 0 Å². The molecule has 1 aliphatic heterocycles. The molecule has 1 fully saturated rings. The van der Waals surface area contributed by atoms with Gasteiger partial charge in [-0.05, 0) is 31.2 Å². The first-order valence-corrected chi connectivity index (χ1v) is 7.95. The lowest BCUT2D eigenvalue weighted by atomic mass is 10.1. The van der Waals surface area contributed by atoms with E-state index in [1.165, 1.54) is 30.5 Å². The van der Waals surface area contributed by atoms with Gasteiger partial charge in [-0.3, -0.25) is 14.8 Å². The number of carbonyl (C=O) groups excluding carboxylic acids is 1. The Kier molecular flexibility index (Phi) is 4.87. The van der Waals surface area contributed by atoms with Gasteiger partial charge in [-0.2, -0.15) is 5.10 Å². The summed E-state index contributed by atoms with van der Waals surface area (Å²) in [4.78, 5) is 14.1. The van der Waals surface area contributed by atoms with Gasteiger partial charge in [0.05, 0.1) is 32.0 Å². The van der Waals surface area contributed by atoms with Crippen molar-refractivity contribution in [2.24, 2.45) is 0 Å². The monoisotopic (exact) mass is 292 g/mol. The second-order valence-corrected chi connectivity index (χ2v) is 5.85. The minimum atomic E-state index is 0.0715. The summed E-state index contributed by atoms with van der Waals surface area (Å²) in [5.41, 5.74) is 3.62. The van der Waals surface area contributed by atoms with Crippen LogP contribution in [0.3, 0.4) is 0 Å². The van der Waals surface area contributed by atoms with Crippen molar-refractivity contribution < 1.29 is 9.53 Å². The second kappa shape index (κ2) is 7.04. The quantitative estimate of drug-likeness (QED) is 0.799. The molecule has 0 spiro atoms. The number of fused-ring (bicyclic) bond motifs is 1. The van der Waals surface area contributed by atoms with E-state index in [4.69, 9.17) is 4.74 Å². The van der Waals surface area contributed by atoms with Crippen LogP contribution in [-0.4, -0.2) is 53.9 Å². The number of aromatic amines is 1. The molecule has 2 heterocycles. The van der Waals surface area contributed by atoms with Crippen molar-refractivity contribution in [2.45, 2.75) is 38.6 Å². The van der Waals surface area contributed by atoms with Crippen LogP contribution in [0.4, 0.5) is 0 Å². The molecule has 1 saturated heterocycles. The van der Waals surface area contributed by atoms with Crippen LogP contribution in [0.2, 0.25) is 0 Å². The minimum Gasteiger partial charge on any atom is -0.379 e. The number of H-pyrrole nitrogens is 1. The van der Waals surface area contributed by atoms with E-state index in [-0.39, 0.29) is 5.91 Å². The third-order valence-corrected chi connectivity index (χ3v) is 4.32. The molecule has 0 unspecified atom stereocenters. The average Bonchev–Trinajstić information content (AvgIpc) is 2.73. The Labute approximate surface area is 125 Å². The number of rotatable bonds is 4. The van der Waals surface area contributed by atoms with Crippen LogP contribution in [-0.2, 0) is 28.9 Å². The highest BCUT2D eigenvalue weighted by atomic mass is 16.5. The average molecular weight is 292 g/mol. The number of hydrogen-bond donors (Lipinski definition) is 2. The van der Waals surface area contributed by atoms with E-state index in [2.05, 4.69) is 20.4 Å². The third kappa shape index (κ3) is 3.83. The lowest BCUT2D eigenvalue weighted by molar-refractivity contribution is -0.123. The Hall–Kier alpha value is -1.40. The van der Waals surface area contributed by atoms with E-state index >= 15 is 0 Å². The fourth-order valence-corrected chi connectivity index (χ4v) is 3.07. The van der Waals surface area contributed by atoms with Crippen LogP contribution in [0.15, 0.2) is 0 Å². The Bertz CT molecular complexity index is 480. The van der Waals surface area contributed by atoms with Crippen LogP contribution in [0, 0.1) is 0 Å². The van der Waals surface area contributed by atoms with Gasteiger partial charge in [-0.1, -0.05) is 6.42 Å². The summed E-state index contributed by atoms with van der Waals surface area (Å²) in [5, 5.41) is 10.5. The maximum absolute atomic E-state index is 12.0. The third-order valence-electron chi connectivity index (χ3n) is 4.32. The molecular formula is C15H24N4O2. The van der Waals surface area contributed by atoms with E-state index in [1.54, 1.807) is 0 Å². The van der Waals surface area contributed by atoms with Gasteiger partial charge in [0, 0.05) is 18.8 Å². The summed E-state index contributed by atoms with van der Waals surface area (Å²) in [6.07, 6.45) is 5.91. The highest BCUT2D eigenvalue weighted by Crippen LogP contribution is 2.21. The molecule has 0 radical (unpaired) electrons. The maximum atomic E-state index is 12.0.